The summed E-state index contributed by atoms with van der Waals surface area (Å²) in [5, 5.41) is 11.4. The van der Waals surface area contributed by atoms with Crippen molar-refractivity contribution in [2.75, 3.05) is 13.2 Å². The van der Waals surface area contributed by atoms with E-state index in [9.17, 15) is 4.79 Å². The molecule has 4 nitrogen and oxygen atoms in total. The Hall–Kier alpha value is -0.770. The Morgan fingerprint density at radius 3 is 2.50 bits per heavy atom. The van der Waals surface area contributed by atoms with Gasteiger partial charge in [0.05, 0.1) is 19.3 Å². The van der Waals surface area contributed by atoms with Gasteiger partial charge in [0.15, 0.2) is 0 Å². The monoisotopic (exact) mass is 175 g/mol. The molecule has 0 saturated heterocycles. The first-order valence-electron chi connectivity index (χ1n) is 4.16. The molecule has 12 heavy (non-hydrogen) atoms. The molecule has 0 aromatic heterocycles. The van der Waals surface area contributed by atoms with Gasteiger partial charge in [-0.1, -0.05) is 13.8 Å². The predicted octanol–water partition coefficient (Wildman–Crippen LogP) is 0.749. The Kier molecular flexibility index (Phi) is 5.45. The molecule has 0 saturated carbocycles. The summed E-state index contributed by atoms with van der Waals surface area (Å²) in [5.41, 5.74) is 0. The molecule has 72 valence electrons. The van der Waals surface area contributed by atoms with E-state index in [-0.39, 0.29) is 18.6 Å². The largest absolute Gasteiger partial charge is 0.450 e. The number of carbonyl (C=O) groups excluding carboxylic acids is 1. The topological polar surface area (TPSA) is 58.6 Å². The lowest BCUT2D eigenvalue weighted by Gasteiger charge is -2.18. The van der Waals surface area contributed by atoms with Crippen LogP contribution in [0.25, 0.3) is 0 Å². The number of alkyl carbamates (subject to hydrolysis) is 1. The molecule has 0 unspecified atom stereocenters. The zero-order valence-corrected chi connectivity index (χ0v) is 7.83. The molecule has 0 heterocycles. The van der Waals surface area contributed by atoms with Crippen molar-refractivity contribution in [3.05, 3.63) is 0 Å². The van der Waals surface area contributed by atoms with Crippen LogP contribution in [-0.2, 0) is 4.74 Å². The minimum Gasteiger partial charge on any atom is -0.450 e. The average molecular weight is 175 g/mol. The first-order chi connectivity index (χ1) is 5.61. The highest BCUT2D eigenvalue weighted by Crippen LogP contribution is 2.00. The lowest BCUT2D eigenvalue weighted by Crippen LogP contribution is -2.41. The quantitative estimate of drug-likeness (QED) is 0.662. The highest BCUT2D eigenvalue weighted by atomic mass is 16.5. The van der Waals surface area contributed by atoms with Gasteiger partial charge in [-0.2, -0.15) is 0 Å². The number of ether oxygens (including phenoxy) is 1. The van der Waals surface area contributed by atoms with Crippen LogP contribution < -0.4 is 5.32 Å². The normalized spacial score (nSPS) is 12.8. The summed E-state index contributed by atoms with van der Waals surface area (Å²) in [6, 6.07) is -0.218. The van der Waals surface area contributed by atoms with E-state index in [1.54, 1.807) is 6.92 Å². The van der Waals surface area contributed by atoms with E-state index in [0.29, 0.717) is 6.61 Å². The second kappa shape index (κ2) is 5.83. The van der Waals surface area contributed by atoms with Crippen LogP contribution in [0.15, 0.2) is 0 Å². The standard InChI is InChI=1S/C8H17NO3/c1-4-12-8(11)9-7(5-10)6(2)3/h6-7,10H,4-5H2,1-3H3,(H,9,11)/t7-/m0/s1. The van der Waals surface area contributed by atoms with Gasteiger partial charge in [0.2, 0.25) is 0 Å². The fourth-order valence-corrected chi connectivity index (χ4v) is 0.747. The van der Waals surface area contributed by atoms with E-state index in [4.69, 9.17) is 5.11 Å². The van der Waals surface area contributed by atoms with Crippen molar-refractivity contribution in [3.8, 4) is 0 Å². The second-order valence-corrected chi connectivity index (χ2v) is 2.90. The highest BCUT2D eigenvalue weighted by molar-refractivity contribution is 5.67. The number of carbonyl (C=O) groups is 1. The number of hydrogen-bond acceptors (Lipinski definition) is 3. The number of nitrogens with one attached hydrogen (secondary N) is 1. The molecule has 1 amide bonds. The van der Waals surface area contributed by atoms with Crippen molar-refractivity contribution in [2.45, 2.75) is 26.8 Å². The van der Waals surface area contributed by atoms with Gasteiger partial charge in [0, 0.05) is 0 Å². The zero-order valence-electron chi connectivity index (χ0n) is 7.83. The fraction of sp³-hybridized carbons (Fsp3) is 0.875. The lowest BCUT2D eigenvalue weighted by atomic mass is 10.1. The molecule has 2 N–H and O–H groups in total. The van der Waals surface area contributed by atoms with Gasteiger partial charge in [-0.05, 0) is 12.8 Å². The van der Waals surface area contributed by atoms with Gasteiger partial charge < -0.3 is 15.2 Å². The van der Waals surface area contributed by atoms with Crippen molar-refractivity contribution in [3.63, 3.8) is 0 Å². The summed E-state index contributed by atoms with van der Waals surface area (Å²) >= 11 is 0. The Bertz CT molecular complexity index is 136. The molecular weight excluding hydrogens is 158 g/mol. The first kappa shape index (κ1) is 11.2. The molecule has 0 bridgehead atoms. The van der Waals surface area contributed by atoms with E-state index < -0.39 is 6.09 Å². The van der Waals surface area contributed by atoms with Crippen LogP contribution in [0.1, 0.15) is 20.8 Å². The van der Waals surface area contributed by atoms with Gasteiger partial charge >= 0.3 is 6.09 Å². The lowest BCUT2D eigenvalue weighted by molar-refractivity contribution is 0.134. The maximum Gasteiger partial charge on any atom is 0.407 e. The van der Waals surface area contributed by atoms with Gasteiger partial charge in [-0.15, -0.1) is 0 Å². The van der Waals surface area contributed by atoms with Gasteiger partial charge in [-0.25, -0.2) is 4.79 Å². The van der Waals surface area contributed by atoms with Crippen LogP contribution in [0, 0.1) is 5.92 Å². The van der Waals surface area contributed by atoms with E-state index in [1.165, 1.54) is 0 Å². The molecular formula is C8H17NO3. The minimum atomic E-state index is -0.467. The van der Waals surface area contributed by atoms with Crippen LogP contribution in [0.5, 0.6) is 0 Å². The number of aliphatic hydroxyl groups is 1. The van der Waals surface area contributed by atoms with Crippen LogP contribution in [-0.4, -0.2) is 30.5 Å². The Morgan fingerprint density at radius 2 is 2.17 bits per heavy atom. The molecule has 0 spiro atoms. The third-order valence-electron chi connectivity index (χ3n) is 1.58. The summed E-state index contributed by atoms with van der Waals surface area (Å²) in [6.07, 6.45) is -0.467. The van der Waals surface area contributed by atoms with Crippen molar-refractivity contribution in [2.24, 2.45) is 5.92 Å². The van der Waals surface area contributed by atoms with Crippen molar-refractivity contribution in [1.82, 2.24) is 5.32 Å². The van der Waals surface area contributed by atoms with E-state index >= 15 is 0 Å². The maximum absolute atomic E-state index is 10.9. The fourth-order valence-electron chi connectivity index (χ4n) is 0.747. The molecule has 0 fully saturated rings. The van der Waals surface area contributed by atoms with E-state index in [2.05, 4.69) is 10.1 Å². The summed E-state index contributed by atoms with van der Waals surface area (Å²) < 4.78 is 4.66. The second-order valence-electron chi connectivity index (χ2n) is 2.90. The number of rotatable bonds is 4. The third kappa shape index (κ3) is 4.18. The predicted molar refractivity (Wildman–Crippen MR) is 45.9 cm³/mol. The Balaban J connectivity index is 3.77. The Labute approximate surface area is 72.9 Å². The van der Waals surface area contributed by atoms with Crippen LogP contribution in [0.2, 0.25) is 0 Å². The van der Waals surface area contributed by atoms with Crippen molar-refractivity contribution in [1.29, 1.82) is 0 Å². The molecule has 0 radical (unpaired) electrons. The summed E-state index contributed by atoms with van der Waals surface area (Å²) in [6.45, 7) is 5.88. The number of hydrogen-bond donors (Lipinski definition) is 2. The van der Waals surface area contributed by atoms with Crippen LogP contribution in [0.4, 0.5) is 4.79 Å². The van der Waals surface area contributed by atoms with Gasteiger partial charge in [0.25, 0.3) is 0 Å². The first-order valence-corrected chi connectivity index (χ1v) is 4.16. The molecule has 0 aromatic carbocycles. The molecule has 0 aliphatic rings. The molecule has 0 rings (SSSR count). The van der Waals surface area contributed by atoms with Gasteiger partial charge in [-0.3, -0.25) is 0 Å². The van der Waals surface area contributed by atoms with Gasteiger partial charge in [0.1, 0.15) is 0 Å². The molecule has 1 atom stereocenters. The number of aliphatic hydroxyl groups excluding tert-OH is 1. The summed E-state index contributed by atoms with van der Waals surface area (Å²) in [7, 11) is 0. The van der Waals surface area contributed by atoms with E-state index in [1.807, 2.05) is 13.8 Å². The Morgan fingerprint density at radius 1 is 1.58 bits per heavy atom. The smallest absolute Gasteiger partial charge is 0.407 e. The SMILES string of the molecule is CCOC(=O)N[C@@H](CO)C(C)C. The van der Waals surface area contributed by atoms with E-state index in [0.717, 1.165) is 0 Å². The molecule has 4 heteroatoms. The molecule has 0 aliphatic heterocycles. The summed E-state index contributed by atoms with van der Waals surface area (Å²) in [4.78, 5) is 10.9. The third-order valence-corrected chi connectivity index (χ3v) is 1.58. The maximum atomic E-state index is 10.9. The van der Waals surface area contributed by atoms with Crippen molar-refractivity contribution >= 4 is 6.09 Å². The minimum absolute atomic E-state index is 0.0590. The highest BCUT2D eigenvalue weighted by Gasteiger charge is 2.14. The zero-order chi connectivity index (χ0) is 9.56. The molecule has 0 aliphatic carbocycles. The average Bonchev–Trinajstić information content (AvgIpc) is 2.00. The molecule has 0 aromatic rings. The number of amides is 1. The van der Waals surface area contributed by atoms with Crippen molar-refractivity contribution < 1.29 is 14.6 Å². The summed E-state index contributed by atoms with van der Waals surface area (Å²) in [5.74, 6) is 0.208. The van der Waals surface area contributed by atoms with Crippen LogP contribution >= 0.6 is 0 Å². The van der Waals surface area contributed by atoms with Crippen LogP contribution in [0.3, 0.4) is 0 Å².